The highest BCUT2D eigenvalue weighted by atomic mass is 16.5. The van der Waals surface area contributed by atoms with Gasteiger partial charge in [-0.1, -0.05) is 19.1 Å². The van der Waals surface area contributed by atoms with Crippen LogP contribution in [0.5, 0.6) is 5.88 Å². The molecule has 0 spiro atoms. The molecule has 15 heavy (non-hydrogen) atoms. The molecule has 1 aromatic heterocycles. The summed E-state index contributed by atoms with van der Waals surface area (Å²) in [7, 11) is 1.57. The van der Waals surface area contributed by atoms with Crippen molar-refractivity contribution < 1.29 is 4.74 Å². The number of fused-ring (bicyclic) bond motifs is 1. The van der Waals surface area contributed by atoms with E-state index in [1.54, 1.807) is 7.11 Å². The fraction of sp³-hybridized carbons (Fsp3) is 0.250. The number of hydrogen-bond acceptors (Lipinski definition) is 2. The first-order valence-corrected chi connectivity index (χ1v) is 4.95. The van der Waals surface area contributed by atoms with Crippen LogP contribution in [0.25, 0.3) is 10.9 Å². The van der Waals surface area contributed by atoms with Crippen molar-refractivity contribution in [1.82, 2.24) is 4.98 Å². The van der Waals surface area contributed by atoms with E-state index < -0.39 is 0 Å². The molecule has 1 N–H and O–H groups in total. The number of H-pyrrole nitrogens is 1. The SMILES string of the molecule is CCc1c(OC)[nH]c2ccccc2c1=O. The van der Waals surface area contributed by atoms with Crippen LogP contribution in [0.4, 0.5) is 0 Å². The Balaban J connectivity index is 2.88. The van der Waals surface area contributed by atoms with Crippen molar-refractivity contribution in [3.05, 3.63) is 40.1 Å². The molecule has 0 saturated heterocycles. The van der Waals surface area contributed by atoms with Crippen molar-refractivity contribution in [3.8, 4) is 5.88 Å². The van der Waals surface area contributed by atoms with Crippen molar-refractivity contribution in [2.45, 2.75) is 13.3 Å². The van der Waals surface area contributed by atoms with E-state index in [1.165, 1.54) is 0 Å². The lowest BCUT2D eigenvalue weighted by Gasteiger charge is -2.07. The van der Waals surface area contributed by atoms with Crippen LogP contribution in [-0.2, 0) is 6.42 Å². The standard InChI is InChI=1S/C12H13NO2/c1-3-8-11(14)9-6-4-5-7-10(9)13-12(8)15-2/h4-7H,3H2,1-2H3,(H,13,14). The number of para-hydroxylation sites is 1. The molecule has 0 atom stereocenters. The zero-order chi connectivity index (χ0) is 10.8. The summed E-state index contributed by atoms with van der Waals surface area (Å²) in [4.78, 5) is 15.2. The fourth-order valence-electron chi connectivity index (χ4n) is 1.75. The molecule has 0 saturated carbocycles. The van der Waals surface area contributed by atoms with Crippen molar-refractivity contribution in [3.63, 3.8) is 0 Å². The molecule has 0 aliphatic rings. The molecular weight excluding hydrogens is 190 g/mol. The van der Waals surface area contributed by atoms with E-state index >= 15 is 0 Å². The maximum absolute atomic E-state index is 12.0. The van der Waals surface area contributed by atoms with Gasteiger partial charge in [0.2, 0.25) is 0 Å². The molecule has 78 valence electrons. The third-order valence-electron chi connectivity index (χ3n) is 2.53. The molecule has 1 heterocycles. The minimum atomic E-state index is 0.0590. The van der Waals surface area contributed by atoms with Crippen molar-refractivity contribution in [2.75, 3.05) is 7.11 Å². The largest absolute Gasteiger partial charge is 0.482 e. The van der Waals surface area contributed by atoms with Crippen LogP contribution in [0.15, 0.2) is 29.1 Å². The Kier molecular flexibility index (Phi) is 2.46. The summed E-state index contributed by atoms with van der Waals surface area (Å²) >= 11 is 0. The van der Waals surface area contributed by atoms with Crippen molar-refractivity contribution >= 4 is 10.9 Å². The zero-order valence-corrected chi connectivity index (χ0v) is 8.83. The Hall–Kier alpha value is -1.77. The van der Waals surface area contributed by atoms with Gasteiger partial charge in [0.25, 0.3) is 0 Å². The molecule has 0 radical (unpaired) electrons. The summed E-state index contributed by atoms with van der Waals surface area (Å²) in [6.45, 7) is 1.95. The number of nitrogens with one attached hydrogen (secondary N) is 1. The van der Waals surface area contributed by atoms with Crippen LogP contribution < -0.4 is 10.2 Å². The smallest absolute Gasteiger partial charge is 0.198 e. The van der Waals surface area contributed by atoms with Crippen LogP contribution in [0.1, 0.15) is 12.5 Å². The summed E-state index contributed by atoms with van der Waals surface area (Å²) in [6, 6.07) is 7.46. The number of rotatable bonds is 2. The summed E-state index contributed by atoms with van der Waals surface area (Å²) in [5.74, 6) is 0.571. The topological polar surface area (TPSA) is 42.1 Å². The lowest BCUT2D eigenvalue weighted by atomic mass is 10.1. The van der Waals surface area contributed by atoms with Gasteiger partial charge in [0, 0.05) is 5.39 Å². The highest BCUT2D eigenvalue weighted by molar-refractivity contribution is 5.79. The number of benzene rings is 1. The van der Waals surface area contributed by atoms with Gasteiger partial charge in [-0.25, -0.2) is 0 Å². The highest BCUT2D eigenvalue weighted by Gasteiger charge is 2.09. The monoisotopic (exact) mass is 203 g/mol. The van der Waals surface area contributed by atoms with E-state index in [0.29, 0.717) is 17.9 Å². The van der Waals surface area contributed by atoms with Gasteiger partial charge in [0.05, 0.1) is 18.2 Å². The van der Waals surface area contributed by atoms with E-state index in [4.69, 9.17) is 4.74 Å². The van der Waals surface area contributed by atoms with Gasteiger partial charge in [-0.05, 0) is 18.6 Å². The Morgan fingerprint density at radius 2 is 2.07 bits per heavy atom. The van der Waals surface area contributed by atoms with Crippen molar-refractivity contribution in [2.24, 2.45) is 0 Å². The van der Waals surface area contributed by atoms with Gasteiger partial charge in [0.1, 0.15) is 0 Å². The van der Waals surface area contributed by atoms with Gasteiger partial charge >= 0.3 is 0 Å². The molecule has 0 fully saturated rings. The average molecular weight is 203 g/mol. The number of aromatic nitrogens is 1. The number of methoxy groups -OCH3 is 1. The molecule has 0 aliphatic carbocycles. The Morgan fingerprint density at radius 3 is 2.73 bits per heavy atom. The molecule has 0 bridgehead atoms. The Morgan fingerprint density at radius 1 is 1.33 bits per heavy atom. The second kappa shape index (κ2) is 3.77. The number of ether oxygens (including phenoxy) is 1. The second-order valence-electron chi connectivity index (χ2n) is 3.37. The van der Waals surface area contributed by atoms with Crippen LogP contribution in [0, 0.1) is 0 Å². The zero-order valence-electron chi connectivity index (χ0n) is 8.83. The van der Waals surface area contributed by atoms with E-state index in [0.717, 1.165) is 10.9 Å². The van der Waals surface area contributed by atoms with Crippen LogP contribution in [-0.4, -0.2) is 12.1 Å². The molecule has 0 amide bonds. The fourth-order valence-corrected chi connectivity index (χ4v) is 1.75. The first-order chi connectivity index (χ1) is 7.27. The third kappa shape index (κ3) is 1.50. The van der Waals surface area contributed by atoms with Gasteiger partial charge < -0.3 is 9.72 Å². The van der Waals surface area contributed by atoms with Gasteiger partial charge in [-0.2, -0.15) is 0 Å². The number of pyridine rings is 1. The molecule has 3 nitrogen and oxygen atoms in total. The van der Waals surface area contributed by atoms with Gasteiger partial charge in [-0.15, -0.1) is 0 Å². The minimum Gasteiger partial charge on any atom is -0.482 e. The van der Waals surface area contributed by atoms with Crippen LogP contribution in [0.2, 0.25) is 0 Å². The number of aromatic amines is 1. The molecule has 1 aromatic carbocycles. The maximum Gasteiger partial charge on any atom is 0.198 e. The average Bonchev–Trinajstić information content (AvgIpc) is 2.29. The molecular formula is C12H13NO2. The quantitative estimate of drug-likeness (QED) is 0.812. The molecule has 0 aliphatic heterocycles. The molecule has 2 aromatic rings. The maximum atomic E-state index is 12.0. The number of hydrogen-bond donors (Lipinski definition) is 1. The predicted molar refractivity (Wildman–Crippen MR) is 60.5 cm³/mol. The highest BCUT2D eigenvalue weighted by Crippen LogP contribution is 2.17. The normalized spacial score (nSPS) is 10.5. The van der Waals surface area contributed by atoms with E-state index in [2.05, 4.69) is 4.98 Å². The van der Waals surface area contributed by atoms with Crippen LogP contribution in [0.3, 0.4) is 0 Å². The molecule has 3 heteroatoms. The Labute approximate surface area is 87.7 Å². The van der Waals surface area contributed by atoms with Crippen molar-refractivity contribution in [1.29, 1.82) is 0 Å². The minimum absolute atomic E-state index is 0.0590. The third-order valence-corrected chi connectivity index (χ3v) is 2.53. The predicted octanol–water partition coefficient (Wildman–Crippen LogP) is 2.10. The van der Waals surface area contributed by atoms with E-state index in [-0.39, 0.29) is 5.43 Å². The lowest BCUT2D eigenvalue weighted by molar-refractivity contribution is 0.394. The summed E-state index contributed by atoms with van der Waals surface area (Å²) < 4.78 is 5.17. The first-order valence-electron chi connectivity index (χ1n) is 4.95. The van der Waals surface area contributed by atoms with Gasteiger partial charge in [-0.3, -0.25) is 4.79 Å². The van der Waals surface area contributed by atoms with E-state index in [9.17, 15) is 4.79 Å². The molecule has 2 rings (SSSR count). The first kappa shape index (κ1) is 9.77. The lowest BCUT2D eigenvalue weighted by Crippen LogP contribution is -2.11. The van der Waals surface area contributed by atoms with E-state index in [1.807, 2.05) is 31.2 Å². The summed E-state index contributed by atoms with van der Waals surface area (Å²) in [5, 5.41) is 0.718. The Bertz CT molecular complexity index is 543. The molecule has 0 unspecified atom stereocenters. The van der Waals surface area contributed by atoms with Gasteiger partial charge in [0.15, 0.2) is 11.3 Å². The summed E-state index contributed by atoms with van der Waals surface area (Å²) in [5.41, 5.74) is 1.58. The summed E-state index contributed by atoms with van der Waals surface area (Å²) in [6.07, 6.45) is 0.670. The van der Waals surface area contributed by atoms with Crippen LogP contribution >= 0.6 is 0 Å². The second-order valence-corrected chi connectivity index (χ2v) is 3.37.